The summed E-state index contributed by atoms with van der Waals surface area (Å²) < 4.78 is 10.8. The molecule has 20 heavy (non-hydrogen) atoms. The van der Waals surface area contributed by atoms with Crippen LogP contribution in [0.4, 0.5) is 0 Å². The zero-order chi connectivity index (χ0) is 14.7. The predicted molar refractivity (Wildman–Crippen MR) is 75.6 cm³/mol. The molecule has 6 nitrogen and oxygen atoms in total. The molecule has 2 heterocycles. The van der Waals surface area contributed by atoms with E-state index in [0.717, 1.165) is 23.6 Å². The summed E-state index contributed by atoms with van der Waals surface area (Å²) in [5, 5.41) is 10.3. The summed E-state index contributed by atoms with van der Waals surface area (Å²) in [7, 11) is 3.58. The Balaban J connectivity index is 2.03. The number of aliphatic hydroxyl groups is 1. The first-order valence-electron chi connectivity index (χ1n) is 7.10. The van der Waals surface area contributed by atoms with Gasteiger partial charge in [0, 0.05) is 25.8 Å². The molecular formula is C14H25N3O3. The Labute approximate surface area is 120 Å². The van der Waals surface area contributed by atoms with Crippen molar-refractivity contribution in [1.29, 1.82) is 0 Å². The lowest BCUT2D eigenvalue weighted by Crippen LogP contribution is -2.55. The first kappa shape index (κ1) is 15.4. The van der Waals surface area contributed by atoms with Crippen molar-refractivity contribution < 1.29 is 14.6 Å². The zero-order valence-electron chi connectivity index (χ0n) is 12.7. The number of hydrogen-bond acceptors (Lipinski definition) is 5. The zero-order valence-corrected chi connectivity index (χ0v) is 12.7. The van der Waals surface area contributed by atoms with Crippen molar-refractivity contribution >= 4 is 0 Å². The van der Waals surface area contributed by atoms with Gasteiger partial charge in [0.05, 0.1) is 24.9 Å². The van der Waals surface area contributed by atoms with E-state index in [0.29, 0.717) is 19.8 Å². The molecule has 0 bridgehead atoms. The van der Waals surface area contributed by atoms with Gasteiger partial charge in [0.15, 0.2) is 0 Å². The van der Waals surface area contributed by atoms with Gasteiger partial charge in [-0.1, -0.05) is 6.92 Å². The summed E-state index contributed by atoms with van der Waals surface area (Å²) in [6.45, 7) is 5.75. The molecule has 3 atom stereocenters. The van der Waals surface area contributed by atoms with Crippen molar-refractivity contribution in [3.05, 3.63) is 17.2 Å². The van der Waals surface area contributed by atoms with Crippen LogP contribution in [-0.2, 0) is 22.4 Å². The summed E-state index contributed by atoms with van der Waals surface area (Å²) in [5.41, 5.74) is 2.11. The van der Waals surface area contributed by atoms with Gasteiger partial charge in [0.1, 0.15) is 18.0 Å². The Morgan fingerprint density at radius 2 is 2.25 bits per heavy atom. The third kappa shape index (κ3) is 3.20. The molecule has 1 aliphatic rings. The summed E-state index contributed by atoms with van der Waals surface area (Å²) in [6, 6.07) is -0.0742. The molecule has 0 radical (unpaired) electrons. The van der Waals surface area contributed by atoms with E-state index in [1.165, 1.54) is 0 Å². The van der Waals surface area contributed by atoms with Crippen molar-refractivity contribution in [2.75, 3.05) is 27.4 Å². The van der Waals surface area contributed by atoms with Gasteiger partial charge in [-0.15, -0.1) is 0 Å². The van der Waals surface area contributed by atoms with E-state index in [9.17, 15) is 5.11 Å². The molecule has 0 unspecified atom stereocenters. The van der Waals surface area contributed by atoms with Gasteiger partial charge in [-0.2, -0.15) is 0 Å². The van der Waals surface area contributed by atoms with Gasteiger partial charge < -0.3 is 19.6 Å². The van der Waals surface area contributed by atoms with E-state index in [1.807, 2.05) is 14.0 Å². The van der Waals surface area contributed by atoms with Crippen LogP contribution in [0.2, 0.25) is 0 Å². The SMILES string of the molecule is CCc1nc(CN(C)[C@@H]2COC[C@@H](OC)[C@H]2O)c(C)[nH]1. The normalized spacial score (nSPS) is 27.2. The van der Waals surface area contributed by atoms with Gasteiger partial charge >= 0.3 is 0 Å². The number of imidazole rings is 1. The van der Waals surface area contributed by atoms with Crippen LogP contribution >= 0.6 is 0 Å². The largest absolute Gasteiger partial charge is 0.389 e. The topological polar surface area (TPSA) is 70.6 Å². The number of nitrogens with zero attached hydrogens (tertiary/aromatic N) is 2. The molecule has 1 fully saturated rings. The Hall–Kier alpha value is -0.950. The van der Waals surface area contributed by atoms with E-state index in [2.05, 4.69) is 21.8 Å². The van der Waals surface area contributed by atoms with Gasteiger partial charge in [-0.05, 0) is 14.0 Å². The monoisotopic (exact) mass is 283 g/mol. The van der Waals surface area contributed by atoms with Gasteiger partial charge in [-0.3, -0.25) is 4.90 Å². The highest BCUT2D eigenvalue weighted by Crippen LogP contribution is 2.18. The van der Waals surface area contributed by atoms with E-state index in [1.54, 1.807) is 7.11 Å². The highest BCUT2D eigenvalue weighted by molar-refractivity contribution is 5.13. The lowest BCUT2D eigenvalue weighted by molar-refractivity contribution is -0.142. The number of likely N-dealkylation sites (N-methyl/N-ethyl adjacent to an activating group) is 1. The smallest absolute Gasteiger partial charge is 0.108 e. The van der Waals surface area contributed by atoms with E-state index >= 15 is 0 Å². The average Bonchev–Trinajstić information content (AvgIpc) is 2.79. The number of methoxy groups -OCH3 is 1. The predicted octanol–water partition coefficient (Wildman–Crippen LogP) is 0.487. The first-order chi connectivity index (χ1) is 9.56. The maximum absolute atomic E-state index is 10.3. The summed E-state index contributed by atoms with van der Waals surface area (Å²) >= 11 is 0. The highest BCUT2D eigenvalue weighted by atomic mass is 16.5. The van der Waals surface area contributed by atoms with E-state index < -0.39 is 6.10 Å². The number of nitrogens with one attached hydrogen (secondary N) is 1. The van der Waals surface area contributed by atoms with Crippen LogP contribution in [0.1, 0.15) is 24.1 Å². The molecule has 1 aromatic rings. The second-order valence-electron chi connectivity index (χ2n) is 5.39. The molecule has 114 valence electrons. The van der Waals surface area contributed by atoms with Crippen LogP contribution < -0.4 is 0 Å². The number of H-pyrrole nitrogens is 1. The third-order valence-corrected chi connectivity index (χ3v) is 3.98. The number of aromatic nitrogens is 2. The van der Waals surface area contributed by atoms with Crippen LogP contribution in [0.5, 0.6) is 0 Å². The number of aromatic amines is 1. The fraction of sp³-hybridized carbons (Fsp3) is 0.786. The minimum Gasteiger partial charge on any atom is -0.389 e. The van der Waals surface area contributed by atoms with Crippen molar-refractivity contribution in [3.8, 4) is 0 Å². The molecule has 1 aromatic heterocycles. The Morgan fingerprint density at radius 1 is 1.50 bits per heavy atom. The summed E-state index contributed by atoms with van der Waals surface area (Å²) in [4.78, 5) is 9.94. The molecule has 0 spiro atoms. The maximum Gasteiger partial charge on any atom is 0.108 e. The standard InChI is InChI=1S/C14H25N3O3/c1-5-13-15-9(2)10(16-13)6-17(3)11-7-20-8-12(19-4)14(11)18/h11-12,14,18H,5-8H2,1-4H3,(H,15,16)/t11-,12-,14+/m1/s1. The number of rotatable bonds is 5. The fourth-order valence-corrected chi connectivity index (χ4v) is 2.58. The fourth-order valence-electron chi connectivity index (χ4n) is 2.58. The van der Waals surface area contributed by atoms with Crippen molar-refractivity contribution in [2.45, 2.75) is 45.1 Å². The Bertz CT molecular complexity index is 435. The second-order valence-corrected chi connectivity index (χ2v) is 5.39. The summed E-state index contributed by atoms with van der Waals surface area (Å²) in [5.74, 6) is 1.00. The van der Waals surface area contributed by atoms with Crippen molar-refractivity contribution in [1.82, 2.24) is 14.9 Å². The molecule has 0 amide bonds. The molecule has 0 aliphatic carbocycles. The first-order valence-corrected chi connectivity index (χ1v) is 7.10. The minimum atomic E-state index is -0.538. The molecule has 6 heteroatoms. The van der Waals surface area contributed by atoms with Crippen molar-refractivity contribution in [3.63, 3.8) is 0 Å². The molecule has 2 N–H and O–H groups in total. The number of aliphatic hydroxyl groups excluding tert-OH is 1. The highest BCUT2D eigenvalue weighted by Gasteiger charge is 2.35. The number of hydrogen-bond donors (Lipinski definition) is 2. The molecule has 1 aliphatic heterocycles. The average molecular weight is 283 g/mol. The second kappa shape index (κ2) is 6.67. The quantitative estimate of drug-likeness (QED) is 0.823. The van der Waals surface area contributed by atoms with E-state index in [-0.39, 0.29) is 12.1 Å². The lowest BCUT2D eigenvalue weighted by atomic mass is 10.0. The van der Waals surface area contributed by atoms with Crippen LogP contribution in [0.25, 0.3) is 0 Å². The minimum absolute atomic E-state index is 0.0742. The van der Waals surface area contributed by atoms with Crippen molar-refractivity contribution in [2.24, 2.45) is 0 Å². The lowest BCUT2D eigenvalue weighted by Gasteiger charge is -2.38. The molecule has 2 rings (SSSR count). The Kier molecular flexibility index (Phi) is 5.15. The molecule has 1 saturated heterocycles. The molecular weight excluding hydrogens is 258 g/mol. The molecule has 0 saturated carbocycles. The number of aryl methyl sites for hydroxylation is 2. The molecule has 0 aromatic carbocycles. The van der Waals surface area contributed by atoms with Crippen LogP contribution in [0.3, 0.4) is 0 Å². The Morgan fingerprint density at radius 3 is 2.85 bits per heavy atom. The number of ether oxygens (including phenoxy) is 2. The third-order valence-electron chi connectivity index (χ3n) is 3.98. The van der Waals surface area contributed by atoms with Crippen LogP contribution in [0.15, 0.2) is 0 Å². The van der Waals surface area contributed by atoms with Crippen LogP contribution in [0, 0.1) is 6.92 Å². The van der Waals surface area contributed by atoms with Gasteiger partial charge in [0.2, 0.25) is 0 Å². The van der Waals surface area contributed by atoms with Crippen LogP contribution in [-0.4, -0.2) is 65.6 Å². The van der Waals surface area contributed by atoms with Gasteiger partial charge in [0.25, 0.3) is 0 Å². The maximum atomic E-state index is 10.3. The van der Waals surface area contributed by atoms with E-state index in [4.69, 9.17) is 9.47 Å². The summed E-state index contributed by atoms with van der Waals surface area (Å²) in [6.07, 6.45) is 0.0946. The van der Waals surface area contributed by atoms with Gasteiger partial charge in [-0.25, -0.2) is 4.98 Å².